The number of hydrogen-bond acceptors (Lipinski definition) is 6. The van der Waals surface area contributed by atoms with Gasteiger partial charge in [0.15, 0.2) is 16.4 Å². The number of nitrogens with zero attached hydrogens (tertiary/aromatic N) is 3. The molecule has 2 heterocycles. The minimum absolute atomic E-state index is 0.0816. The quantitative estimate of drug-likeness (QED) is 0.725. The number of sulfone groups is 1. The van der Waals surface area contributed by atoms with Gasteiger partial charge in [-0.3, -0.25) is 0 Å². The monoisotopic (exact) mass is 345 g/mol. The van der Waals surface area contributed by atoms with Gasteiger partial charge in [-0.2, -0.15) is 0 Å². The highest BCUT2D eigenvalue weighted by Gasteiger charge is 2.28. The Bertz CT molecular complexity index is 981. The molecule has 0 aliphatic carbocycles. The van der Waals surface area contributed by atoms with Gasteiger partial charge in [-0.05, 0) is 31.7 Å². The van der Waals surface area contributed by atoms with Crippen molar-refractivity contribution in [2.45, 2.75) is 23.1 Å². The minimum atomic E-state index is -3.75. The predicted octanol–water partition coefficient (Wildman–Crippen LogP) is 1.41. The SMILES string of the molecule is CNc1nn2c(C)cc(CCN)nc2c1S(=O)(=O)c1ccccc1. The summed E-state index contributed by atoms with van der Waals surface area (Å²) in [6, 6.07) is 10.1. The van der Waals surface area contributed by atoms with E-state index < -0.39 is 9.84 Å². The van der Waals surface area contributed by atoms with Gasteiger partial charge in [-0.15, -0.1) is 5.10 Å². The number of hydrogen-bond donors (Lipinski definition) is 2. The Hall–Kier alpha value is -2.45. The maximum Gasteiger partial charge on any atom is 0.214 e. The van der Waals surface area contributed by atoms with E-state index in [9.17, 15) is 8.42 Å². The molecule has 0 fully saturated rings. The molecule has 8 heteroatoms. The van der Waals surface area contributed by atoms with Crippen LogP contribution in [0.3, 0.4) is 0 Å². The second-order valence-electron chi connectivity index (χ2n) is 5.41. The number of nitrogens with two attached hydrogens (primary N) is 1. The smallest absolute Gasteiger partial charge is 0.214 e. The minimum Gasteiger partial charge on any atom is -0.370 e. The van der Waals surface area contributed by atoms with Crippen LogP contribution in [-0.2, 0) is 16.3 Å². The zero-order chi connectivity index (χ0) is 17.3. The van der Waals surface area contributed by atoms with Gasteiger partial charge in [-0.1, -0.05) is 18.2 Å². The van der Waals surface area contributed by atoms with Crippen molar-refractivity contribution in [2.24, 2.45) is 5.73 Å². The molecule has 0 radical (unpaired) electrons. The summed E-state index contributed by atoms with van der Waals surface area (Å²) in [6.07, 6.45) is 0.572. The number of anilines is 1. The average Bonchev–Trinajstić information content (AvgIpc) is 2.96. The molecule has 0 amide bonds. The molecule has 0 aliphatic rings. The van der Waals surface area contributed by atoms with Crippen LogP contribution in [0.5, 0.6) is 0 Å². The van der Waals surface area contributed by atoms with Crippen molar-refractivity contribution in [2.75, 3.05) is 18.9 Å². The first-order valence-electron chi connectivity index (χ1n) is 7.56. The predicted molar refractivity (Wildman–Crippen MR) is 91.9 cm³/mol. The second kappa shape index (κ2) is 6.21. The number of aromatic nitrogens is 3. The molecule has 0 saturated heterocycles. The highest BCUT2D eigenvalue weighted by atomic mass is 32.2. The Labute approximate surface area is 140 Å². The van der Waals surface area contributed by atoms with Gasteiger partial charge in [0.1, 0.15) is 0 Å². The molecular weight excluding hydrogens is 326 g/mol. The number of benzene rings is 1. The lowest BCUT2D eigenvalue weighted by Crippen LogP contribution is -2.09. The van der Waals surface area contributed by atoms with Gasteiger partial charge in [0.2, 0.25) is 9.84 Å². The number of nitrogens with one attached hydrogen (secondary N) is 1. The van der Waals surface area contributed by atoms with Crippen molar-refractivity contribution in [3.05, 3.63) is 47.8 Å². The van der Waals surface area contributed by atoms with Crippen LogP contribution in [0.2, 0.25) is 0 Å². The van der Waals surface area contributed by atoms with Crippen molar-refractivity contribution >= 4 is 21.3 Å². The summed E-state index contributed by atoms with van der Waals surface area (Å²) in [5.41, 5.74) is 7.47. The lowest BCUT2D eigenvalue weighted by atomic mass is 10.2. The molecule has 3 aromatic rings. The fourth-order valence-corrected chi connectivity index (χ4v) is 4.13. The van der Waals surface area contributed by atoms with E-state index in [1.807, 2.05) is 13.0 Å². The third-order valence-electron chi connectivity index (χ3n) is 3.74. The van der Waals surface area contributed by atoms with Gasteiger partial charge in [-0.25, -0.2) is 17.9 Å². The van der Waals surface area contributed by atoms with Gasteiger partial charge < -0.3 is 11.1 Å². The number of aryl methyl sites for hydroxylation is 1. The van der Waals surface area contributed by atoms with Gasteiger partial charge in [0.05, 0.1) is 4.90 Å². The van der Waals surface area contributed by atoms with Crippen LogP contribution < -0.4 is 11.1 Å². The second-order valence-corrected chi connectivity index (χ2v) is 7.29. The third kappa shape index (κ3) is 2.63. The van der Waals surface area contributed by atoms with E-state index in [0.717, 1.165) is 11.4 Å². The summed E-state index contributed by atoms with van der Waals surface area (Å²) in [5.74, 6) is 0.277. The maximum absolute atomic E-state index is 13.1. The standard InChI is InChI=1S/C16H19N5O2S/c1-11-10-12(8-9-17)19-16-14(15(18-2)20-21(11)16)24(22,23)13-6-4-3-5-7-13/h3-7,10H,8-9,17H2,1-2H3,(H,18,20). The van der Waals surface area contributed by atoms with Crippen LogP contribution in [0.1, 0.15) is 11.4 Å². The molecule has 2 aromatic heterocycles. The van der Waals surface area contributed by atoms with E-state index >= 15 is 0 Å². The van der Waals surface area contributed by atoms with Crippen LogP contribution in [-0.4, -0.2) is 36.6 Å². The van der Waals surface area contributed by atoms with E-state index in [1.165, 1.54) is 0 Å². The Balaban J connectivity index is 2.34. The molecule has 126 valence electrons. The van der Waals surface area contributed by atoms with Crippen LogP contribution in [0.25, 0.3) is 5.65 Å². The zero-order valence-corrected chi connectivity index (χ0v) is 14.3. The van der Waals surface area contributed by atoms with Crippen molar-refractivity contribution in [3.63, 3.8) is 0 Å². The molecule has 0 spiro atoms. The molecule has 0 bridgehead atoms. The molecular formula is C16H19N5O2S. The van der Waals surface area contributed by atoms with Crippen LogP contribution in [0, 0.1) is 6.92 Å². The lowest BCUT2D eigenvalue weighted by Gasteiger charge is -2.06. The van der Waals surface area contributed by atoms with E-state index in [-0.39, 0.29) is 15.6 Å². The zero-order valence-electron chi connectivity index (χ0n) is 13.5. The summed E-state index contributed by atoms with van der Waals surface area (Å²) < 4.78 is 27.8. The molecule has 3 rings (SSSR count). The van der Waals surface area contributed by atoms with Gasteiger partial charge in [0, 0.05) is 24.9 Å². The Kier molecular flexibility index (Phi) is 4.25. The first kappa shape index (κ1) is 16.4. The first-order chi connectivity index (χ1) is 11.5. The third-order valence-corrected chi connectivity index (χ3v) is 5.54. The molecule has 3 N–H and O–H groups in total. The van der Waals surface area contributed by atoms with Crippen molar-refractivity contribution < 1.29 is 8.42 Å². The molecule has 0 aliphatic heterocycles. The summed E-state index contributed by atoms with van der Waals surface area (Å²) in [6.45, 7) is 2.30. The molecule has 7 nitrogen and oxygen atoms in total. The van der Waals surface area contributed by atoms with E-state index in [2.05, 4.69) is 15.4 Å². The van der Waals surface area contributed by atoms with E-state index in [0.29, 0.717) is 18.6 Å². The van der Waals surface area contributed by atoms with E-state index in [1.54, 1.807) is 41.9 Å². The molecule has 0 atom stereocenters. The van der Waals surface area contributed by atoms with Crippen LogP contribution in [0.4, 0.5) is 5.82 Å². The fraction of sp³-hybridized carbons (Fsp3) is 0.250. The van der Waals surface area contributed by atoms with Gasteiger partial charge >= 0.3 is 0 Å². The van der Waals surface area contributed by atoms with Gasteiger partial charge in [0.25, 0.3) is 0 Å². The molecule has 0 saturated carbocycles. The normalized spacial score (nSPS) is 11.8. The van der Waals surface area contributed by atoms with Crippen molar-refractivity contribution in [1.29, 1.82) is 0 Å². The number of rotatable bonds is 5. The summed E-state index contributed by atoms with van der Waals surface area (Å²) >= 11 is 0. The van der Waals surface area contributed by atoms with Crippen LogP contribution in [0.15, 0.2) is 46.2 Å². The Morgan fingerprint density at radius 3 is 2.58 bits per heavy atom. The topological polar surface area (TPSA) is 102 Å². The fourth-order valence-electron chi connectivity index (χ4n) is 2.61. The van der Waals surface area contributed by atoms with Crippen molar-refractivity contribution in [1.82, 2.24) is 14.6 Å². The average molecular weight is 345 g/mol. The summed E-state index contributed by atoms with van der Waals surface area (Å²) in [7, 11) is -2.11. The summed E-state index contributed by atoms with van der Waals surface area (Å²) in [5, 5.41) is 7.22. The molecule has 24 heavy (non-hydrogen) atoms. The van der Waals surface area contributed by atoms with Crippen LogP contribution >= 0.6 is 0 Å². The Morgan fingerprint density at radius 1 is 1.25 bits per heavy atom. The first-order valence-corrected chi connectivity index (χ1v) is 9.04. The highest BCUT2D eigenvalue weighted by Crippen LogP contribution is 2.31. The lowest BCUT2D eigenvalue weighted by molar-refractivity contribution is 0.597. The highest BCUT2D eigenvalue weighted by molar-refractivity contribution is 7.91. The molecule has 1 aromatic carbocycles. The largest absolute Gasteiger partial charge is 0.370 e. The van der Waals surface area contributed by atoms with E-state index in [4.69, 9.17) is 5.73 Å². The molecule has 0 unspecified atom stereocenters. The summed E-state index contributed by atoms with van der Waals surface area (Å²) in [4.78, 5) is 4.78. The maximum atomic E-state index is 13.1. The Morgan fingerprint density at radius 2 is 1.96 bits per heavy atom. The number of fused-ring (bicyclic) bond motifs is 1. The van der Waals surface area contributed by atoms with Crippen molar-refractivity contribution in [3.8, 4) is 0 Å².